The SMILES string of the molecule is c1cncc(N(c2ccc3cc4c(cc3c2)oc2cc(N(c3ccncc3)c3nc5ccccc5s3)ccc24)c2nc3ccccc3s2)c1. The second-order valence-corrected chi connectivity index (χ2v) is 13.7. The quantitative estimate of drug-likeness (QED) is 0.175. The molecular weight excluding hydrogens is 645 g/mol. The van der Waals surface area contributed by atoms with Gasteiger partial charge in [0.25, 0.3) is 0 Å². The normalized spacial score (nSPS) is 11.7. The van der Waals surface area contributed by atoms with Crippen LogP contribution < -0.4 is 9.80 Å². The molecule has 5 aromatic heterocycles. The number of rotatable bonds is 6. The summed E-state index contributed by atoms with van der Waals surface area (Å²) in [6.07, 6.45) is 7.28. The van der Waals surface area contributed by atoms with Gasteiger partial charge in [0, 0.05) is 41.1 Å². The first-order valence-electron chi connectivity index (χ1n) is 15.8. The maximum absolute atomic E-state index is 6.60. The van der Waals surface area contributed by atoms with Crippen molar-refractivity contribution in [2.24, 2.45) is 0 Å². The number of hydrogen-bond acceptors (Lipinski definition) is 9. The molecule has 5 aromatic carbocycles. The number of thiazole rings is 2. The van der Waals surface area contributed by atoms with E-state index in [1.54, 1.807) is 28.9 Å². The molecule has 0 aliphatic carbocycles. The zero-order valence-corrected chi connectivity index (χ0v) is 27.4. The zero-order valence-electron chi connectivity index (χ0n) is 25.8. The van der Waals surface area contributed by atoms with Crippen LogP contribution in [0, 0.1) is 0 Å². The summed E-state index contributed by atoms with van der Waals surface area (Å²) < 4.78 is 8.88. The van der Waals surface area contributed by atoms with Gasteiger partial charge in [-0.3, -0.25) is 19.8 Å². The van der Waals surface area contributed by atoms with Gasteiger partial charge in [0.05, 0.1) is 43.7 Å². The topological polar surface area (TPSA) is 71.2 Å². The third-order valence-electron chi connectivity index (χ3n) is 8.69. The lowest BCUT2D eigenvalue weighted by atomic mass is 10.0. The molecule has 7 nitrogen and oxygen atoms in total. The van der Waals surface area contributed by atoms with Gasteiger partial charge in [-0.15, -0.1) is 0 Å². The van der Waals surface area contributed by atoms with Crippen LogP contribution >= 0.6 is 22.7 Å². The first kappa shape index (κ1) is 27.9. The molecule has 0 amide bonds. The summed E-state index contributed by atoms with van der Waals surface area (Å²) in [7, 11) is 0. The largest absolute Gasteiger partial charge is 0.456 e. The highest BCUT2D eigenvalue weighted by molar-refractivity contribution is 7.22. The Balaban J connectivity index is 1.09. The predicted molar refractivity (Wildman–Crippen MR) is 203 cm³/mol. The Morgan fingerprint density at radius 2 is 1.14 bits per heavy atom. The first-order valence-corrected chi connectivity index (χ1v) is 17.4. The fourth-order valence-corrected chi connectivity index (χ4v) is 8.42. The summed E-state index contributed by atoms with van der Waals surface area (Å²) in [6.45, 7) is 0. The Hall–Kier alpha value is -6.16. The van der Waals surface area contributed by atoms with Crippen molar-refractivity contribution in [1.29, 1.82) is 0 Å². The Labute approximate surface area is 288 Å². The van der Waals surface area contributed by atoms with Crippen molar-refractivity contribution < 1.29 is 4.42 Å². The molecule has 0 fully saturated rings. The summed E-state index contributed by atoms with van der Waals surface area (Å²) in [6, 6.07) is 41.8. The summed E-state index contributed by atoms with van der Waals surface area (Å²) in [5.41, 5.74) is 7.50. The number of anilines is 6. The molecule has 10 aromatic rings. The van der Waals surface area contributed by atoms with E-state index < -0.39 is 0 Å². The van der Waals surface area contributed by atoms with E-state index in [1.807, 2.05) is 67.1 Å². The Bertz CT molecular complexity index is 2620. The van der Waals surface area contributed by atoms with Gasteiger partial charge >= 0.3 is 0 Å². The lowest BCUT2D eigenvalue weighted by Crippen LogP contribution is -2.09. The Morgan fingerprint density at radius 3 is 1.86 bits per heavy atom. The molecule has 0 N–H and O–H groups in total. The number of benzene rings is 5. The number of furan rings is 1. The monoisotopic (exact) mass is 668 g/mol. The Morgan fingerprint density at radius 1 is 0.469 bits per heavy atom. The van der Waals surface area contributed by atoms with Gasteiger partial charge in [-0.25, -0.2) is 9.97 Å². The molecule has 0 unspecified atom stereocenters. The second-order valence-electron chi connectivity index (χ2n) is 11.7. The molecule has 0 atom stereocenters. The number of para-hydroxylation sites is 2. The molecule has 5 heterocycles. The van der Waals surface area contributed by atoms with E-state index in [0.717, 1.165) is 86.2 Å². The van der Waals surface area contributed by atoms with Crippen LogP contribution in [0.25, 0.3) is 53.1 Å². The Kier molecular flexibility index (Phi) is 6.39. The van der Waals surface area contributed by atoms with Crippen LogP contribution in [0.5, 0.6) is 0 Å². The molecule has 49 heavy (non-hydrogen) atoms. The van der Waals surface area contributed by atoms with E-state index in [1.165, 1.54) is 0 Å². The van der Waals surface area contributed by atoms with E-state index >= 15 is 0 Å². The molecule has 9 heteroatoms. The van der Waals surface area contributed by atoms with Crippen molar-refractivity contribution >= 4 is 109 Å². The van der Waals surface area contributed by atoms with Gasteiger partial charge < -0.3 is 4.42 Å². The number of fused-ring (bicyclic) bond motifs is 6. The van der Waals surface area contributed by atoms with Crippen molar-refractivity contribution in [3.63, 3.8) is 0 Å². The van der Waals surface area contributed by atoms with Crippen LogP contribution in [0.4, 0.5) is 33.0 Å². The average Bonchev–Trinajstić information content (AvgIpc) is 3.86. The zero-order chi connectivity index (χ0) is 32.3. The standard InChI is InChI=1S/C40H24N6OS2/c1-3-9-37-33(7-1)43-39(48-37)45(27-15-18-41-19-16-27)29-13-14-31-32-21-25-11-12-28(20-26(25)22-35(32)47-36(31)23-29)46(30-6-5-17-42-24-30)40-44-34-8-2-4-10-38(34)49-40/h1-24H. The molecule has 0 aliphatic heterocycles. The number of aromatic nitrogens is 4. The van der Waals surface area contributed by atoms with E-state index in [-0.39, 0.29) is 0 Å². The van der Waals surface area contributed by atoms with Gasteiger partial charge in [0.15, 0.2) is 10.3 Å². The average molecular weight is 669 g/mol. The van der Waals surface area contributed by atoms with E-state index in [0.29, 0.717) is 0 Å². The third-order valence-corrected chi connectivity index (χ3v) is 10.7. The van der Waals surface area contributed by atoms with Crippen LogP contribution in [0.1, 0.15) is 0 Å². The van der Waals surface area contributed by atoms with E-state index in [4.69, 9.17) is 14.4 Å². The molecule has 0 aliphatic rings. The van der Waals surface area contributed by atoms with E-state index in [2.05, 4.69) is 92.6 Å². The van der Waals surface area contributed by atoms with Crippen LogP contribution in [-0.2, 0) is 0 Å². The molecule has 0 bridgehead atoms. The fraction of sp³-hybridized carbons (Fsp3) is 0. The molecule has 0 saturated carbocycles. The lowest BCUT2D eigenvalue weighted by molar-refractivity contribution is 0.669. The molecular formula is C40H24N6OS2. The minimum atomic E-state index is 0.814. The molecule has 10 rings (SSSR count). The first-order chi connectivity index (χ1) is 24.2. The number of nitrogens with zero attached hydrogens (tertiary/aromatic N) is 6. The van der Waals surface area contributed by atoms with Gasteiger partial charge in [-0.05, 0) is 95.7 Å². The van der Waals surface area contributed by atoms with Crippen LogP contribution in [0.15, 0.2) is 151 Å². The lowest BCUT2D eigenvalue weighted by Gasteiger charge is -2.22. The highest BCUT2D eigenvalue weighted by atomic mass is 32.1. The van der Waals surface area contributed by atoms with Gasteiger partial charge in [0.2, 0.25) is 0 Å². The highest BCUT2D eigenvalue weighted by Crippen LogP contribution is 2.43. The summed E-state index contributed by atoms with van der Waals surface area (Å²) in [5, 5.41) is 6.12. The van der Waals surface area contributed by atoms with E-state index in [9.17, 15) is 0 Å². The van der Waals surface area contributed by atoms with Crippen molar-refractivity contribution in [3.05, 3.63) is 146 Å². The van der Waals surface area contributed by atoms with Crippen molar-refractivity contribution in [3.8, 4) is 0 Å². The second kappa shape index (κ2) is 11.2. The summed E-state index contributed by atoms with van der Waals surface area (Å²) >= 11 is 3.33. The van der Waals surface area contributed by atoms with Crippen LogP contribution in [0.3, 0.4) is 0 Å². The van der Waals surface area contributed by atoms with Gasteiger partial charge in [-0.2, -0.15) is 0 Å². The van der Waals surface area contributed by atoms with Crippen molar-refractivity contribution in [2.45, 2.75) is 0 Å². The molecule has 0 radical (unpaired) electrons. The molecule has 232 valence electrons. The smallest absolute Gasteiger partial charge is 0.195 e. The van der Waals surface area contributed by atoms with Crippen LogP contribution in [-0.4, -0.2) is 19.9 Å². The predicted octanol–water partition coefficient (Wildman–Crippen LogP) is 11.7. The van der Waals surface area contributed by atoms with Gasteiger partial charge in [0.1, 0.15) is 11.2 Å². The minimum absolute atomic E-state index is 0.814. The molecule has 0 saturated heterocycles. The summed E-state index contributed by atoms with van der Waals surface area (Å²) in [4.78, 5) is 23.0. The minimum Gasteiger partial charge on any atom is -0.456 e. The number of pyridine rings is 2. The van der Waals surface area contributed by atoms with Crippen molar-refractivity contribution in [1.82, 2.24) is 19.9 Å². The van der Waals surface area contributed by atoms with Crippen molar-refractivity contribution in [2.75, 3.05) is 9.80 Å². The fourth-order valence-electron chi connectivity index (χ4n) is 6.40. The maximum Gasteiger partial charge on any atom is 0.195 e. The number of hydrogen-bond donors (Lipinski definition) is 0. The third kappa shape index (κ3) is 4.78. The summed E-state index contributed by atoms with van der Waals surface area (Å²) in [5.74, 6) is 0. The van der Waals surface area contributed by atoms with Gasteiger partial charge in [-0.1, -0.05) is 53.0 Å². The maximum atomic E-state index is 6.60. The van der Waals surface area contributed by atoms with Crippen LogP contribution in [0.2, 0.25) is 0 Å². The highest BCUT2D eigenvalue weighted by Gasteiger charge is 2.20. The molecule has 0 spiro atoms.